The van der Waals surface area contributed by atoms with Crippen LogP contribution in [0.4, 0.5) is 0 Å². The van der Waals surface area contributed by atoms with Gasteiger partial charge < -0.3 is 4.74 Å². The standard InChI is InChI=1S/C11H15O.BrH.Zn/c1-10(2)8-9-12-11-6-4-3-5-7-11;;/h3-6,10H,8-9H2,1-2H3;1H;/q-1;;+2/p-1. The molecule has 0 aliphatic rings. The number of benzene rings is 1. The van der Waals surface area contributed by atoms with Gasteiger partial charge in [-0.2, -0.15) is 18.2 Å². The van der Waals surface area contributed by atoms with Crippen molar-refractivity contribution in [2.75, 3.05) is 6.61 Å². The van der Waals surface area contributed by atoms with Gasteiger partial charge in [0.25, 0.3) is 0 Å². The third-order valence-corrected chi connectivity index (χ3v) is 1.63. The number of hydrogen-bond acceptors (Lipinski definition) is 1. The summed E-state index contributed by atoms with van der Waals surface area (Å²) in [7, 11) is 0. The van der Waals surface area contributed by atoms with Crippen LogP contribution in [0.5, 0.6) is 5.75 Å². The van der Waals surface area contributed by atoms with E-state index in [-0.39, 0.29) is 0 Å². The van der Waals surface area contributed by atoms with E-state index in [1.165, 1.54) is 16.3 Å². The molecule has 0 spiro atoms. The van der Waals surface area contributed by atoms with E-state index >= 15 is 0 Å². The van der Waals surface area contributed by atoms with Gasteiger partial charge >= 0.3 is 30.0 Å². The van der Waals surface area contributed by atoms with Crippen molar-refractivity contribution in [2.45, 2.75) is 20.3 Å². The molecule has 0 atom stereocenters. The van der Waals surface area contributed by atoms with E-state index in [1.807, 2.05) is 24.3 Å². The number of para-hydroxylation sites is 1. The SMILES string of the molecule is CC(C)CCOc1[c-]cccc1.[Zn+][Br]. The Kier molecular flexibility index (Phi) is 9.75. The van der Waals surface area contributed by atoms with Gasteiger partial charge in [-0.1, -0.05) is 13.8 Å². The zero-order chi connectivity index (χ0) is 10.8. The molecule has 0 saturated carbocycles. The van der Waals surface area contributed by atoms with Crippen molar-refractivity contribution < 1.29 is 21.1 Å². The summed E-state index contributed by atoms with van der Waals surface area (Å²) in [5.74, 6) is 1.55. The molecule has 3 heteroatoms. The Morgan fingerprint density at radius 1 is 1.43 bits per heavy atom. The first kappa shape index (κ1) is 14.1. The average molecular weight is 309 g/mol. The first-order chi connectivity index (χ1) is 6.79. The zero-order valence-electron chi connectivity index (χ0n) is 8.79. The molecule has 0 aliphatic carbocycles. The third kappa shape index (κ3) is 7.52. The van der Waals surface area contributed by atoms with Crippen molar-refractivity contribution >= 4 is 13.6 Å². The summed E-state index contributed by atoms with van der Waals surface area (Å²) >= 11 is 4.25. The third-order valence-electron chi connectivity index (χ3n) is 1.63. The van der Waals surface area contributed by atoms with Crippen molar-refractivity contribution in [3.63, 3.8) is 0 Å². The van der Waals surface area contributed by atoms with Crippen molar-refractivity contribution in [2.24, 2.45) is 5.92 Å². The number of rotatable bonds is 4. The van der Waals surface area contributed by atoms with Crippen LogP contribution in [-0.2, 0) is 16.3 Å². The first-order valence-corrected chi connectivity index (χ1v) is 11.6. The number of halogens is 1. The second-order valence-corrected chi connectivity index (χ2v) is 3.26. The summed E-state index contributed by atoms with van der Waals surface area (Å²) < 4.78 is 5.46. The van der Waals surface area contributed by atoms with Gasteiger partial charge in [-0.15, -0.1) is 12.1 Å². The zero-order valence-corrected chi connectivity index (χ0v) is 13.3. The molecular weight excluding hydrogens is 293 g/mol. The number of ether oxygens (including phenoxy) is 1. The predicted octanol–water partition coefficient (Wildman–Crippen LogP) is 3.75. The molecule has 1 aromatic carbocycles. The van der Waals surface area contributed by atoms with Gasteiger partial charge in [0, 0.05) is 5.75 Å². The van der Waals surface area contributed by atoms with Crippen LogP contribution in [0.15, 0.2) is 24.3 Å². The monoisotopic (exact) mass is 306 g/mol. The summed E-state index contributed by atoms with van der Waals surface area (Å²) in [6.07, 6.45) is 1.10. The van der Waals surface area contributed by atoms with Crippen LogP contribution in [0.25, 0.3) is 0 Å². The Bertz CT molecular complexity index is 214. The Balaban J connectivity index is 0.000000791. The second kappa shape index (κ2) is 9.67. The van der Waals surface area contributed by atoms with Gasteiger partial charge in [0.15, 0.2) is 0 Å². The van der Waals surface area contributed by atoms with Gasteiger partial charge in [-0.3, -0.25) is 0 Å². The maximum absolute atomic E-state index is 5.46. The molecule has 0 heterocycles. The molecular formula is C11H15BrOZn. The Labute approximate surface area is 103 Å². The quantitative estimate of drug-likeness (QED) is 0.608. The first-order valence-electron chi connectivity index (χ1n) is 4.65. The molecule has 0 N–H and O–H groups in total. The molecule has 1 aromatic rings. The van der Waals surface area contributed by atoms with Crippen LogP contribution < -0.4 is 4.74 Å². The molecule has 74 valence electrons. The van der Waals surface area contributed by atoms with Gasteiger partial charge in [-0.25, -0.2) is 0 Å². The number of hydrogen-bond donors (Lipinski definition) is 0. The van der Waals surface area contributed by atoms with Crippen molar-refractivity contribution in [3.05, 3.63) is 30.3 Å². The van der Waals surface area contributed by atoms with Gasteiger partial charge in [-0.05, 0) is 12.3 Å². The van der Waals surface area contributed by atoms with Gasteiger partial charge in [0.1, 0.15) is 0 Å². The van der Waals surface area contributed by atoms with Crippen LogP contribution >= 0.6 is 13.6 Å². The van der Waals surface area contributed by atoms with E-state index in [1.54, 1.807) is 0 Å². The molecule has 0 radical (unpaired) electrons. The minimum atomic E-state index is 0.703. The van der Waals surface area contributed by atoms with Crippen LogP contribution in [-0.4, -0.2) is 6.61 Å². The molecule has 1 rings (SSSR count). The normalized spacial score (nSPS) is 9.29. The average Bonchev–Trinajstić information content (AvgIpc) is 2.22. The Morgan fingerprint density at radius 2 is 2.14 bits per heavy atom. The van der Waals surface area contributed by atoms with Crippen molar-refractivity contribution in [1.82, 2.24) is 0 Å². The molecule has 0 amide bonds. The molecule has 0 fully saturated rings. The summed E-state index contributed by atoms with van der Waals surface area (Å²) in [5.41, 5.74) is 0. The van der Waals surface area contributed by atoms with E-state index in [0.717, 1.165) is 18.8 Å². The second-order valence-electron chi connectivity index (χ2n) is 3.26. The van der Waals surface area contributed by atoms with E-state index < -0.39 is 0 Å². The van der Waals surface area contributed by atoms with E-state index in [2.05, 4.69) is 33.5 Å². The molecule has 0 aliphatic heterocycles. The summed E-state index contributed by atoms with van der Waals surface area (Å²) in [6.45, 7) is 5.17. The summed E-state index contributed by atoms with van der Waals surface area (Å²) in [5, 5.41) is 0. The Hall–Kier alpha value is 0.123. The summed E-state index contributed by atoms with van der Waals surface area (Å²) in [6, 6.07) is 10.7. The van der Waals surface area contributed by atoms with E-state index in [0.29, 0.717) is 5.92 Å². The van der Waals surface area contributed by atoms with Gasteiger partial charge in [0.05, 0.1) is 6.61 Å². The van der Waals surface area contributed by atoms with Gasteiger partial charge in [0.2, 0.25) is 0 Å². The maximum atomic E-state index is 5.46. The van der Waals surface area contributed by atoms with Crippen molar-refractivity contribution in [1.29, 1.82) is 0 Å². The van der Waals surface area contributed by atoms with E-state index in [9.17, 15) is 0 Å². The Morgan fingerprint density at radius 3 is 2.64 bits per heavy atom. The minimum absolute atomic E-state index is 0.703. The van der Waals surface area contributed by atoms with Crippen LogP contribution in [0.2, 0.25) is 0 Å². The van der Waals surface area contributed by atoms with E-state index in [4.69, 9.17) is 4.74 Å². The molecule has 0 saturated heterocycles. The van der Waals surface area contributed by atoms with Crippen LogP contribution in [0.3, 0.4) is 0 Å². The summed E-state index contributed by atoms with van der Waals surface area (Å²) in [4.78, 5) is 0. The van der Waals surface area contributed by atoms with Crippen LogP contribution in [0.1, 0.15) is 20.3 Å². The fourth-order valence-electron chi connectivity index (χ4n) is 0.871. The topological polar surface area (TPSA) is 9.23 Å². The molecule has 0 bridgehead atoms. The predicted molar refractivity (Wildman–Crippen MR) is 59.2 cm³/mol. The fraction of sp³-hybridized carbons (Fsp3) is 0.455. The molecule has 0 unspecified atom stereocenters. The molecule has 14 heavy (non-hydrogen) atoms. The fourth-order valence-corrected chi connectivity index (χ4v) is 0.871. The molecule has 1 nitrogen and oxygen atoms in total. The van der Waals surface area contributed by atoms with Crippen LogP contribution in [0, 0.1) is 12.0 Å². The molecule has 0 aromatic heterocycles. The van der Waals surface area contributed by atoms with Crippen molar-refractivity contribution in [3.8, 4) is 5.75 Å².